The van der Waals surface area contributed by atoms with Crippen LogP contribution in [0.15, 0.2) is 65.3 Å². The van der Waals surface area contributed by atoms with Crippen molar-refractivity contribution in [1.29, 1.82) is 0 Å². The van der Waals surface area contributed by atoms with Gasteiger partial charge in [-0.05, 0) is 44.9 Å². The van der Waals surface area contributed by atoms with Crippen molar-refractivity contribution in [2.75, 3.05) is 13.1 Å². The fourth-order valence-electron chi connectivity index (χ4n) is 4.12. The molecule has 0 spiro atoms. The maximum Gasteiger partial charge on any atom is 0.237 e. The Morgan fingerprint density at radius 3 is 2.71 bits per heavy atom. The third kappa shape index (κ3) is 5.57. The lowest BCUT2D eigenvalue weighted by Crippen LogP contribution is -2.45. The highest BCUT2D eigenvalue weighted by molar-refractivity contribution is 7.99. The van der Waals surface area contributed by atoms with E-state index >= 15 is 0 Å². The molecule has 0 saturated carbocycles. The lowest BCUT2D eigenvalue weighted by atomic mass is 10.1. The second kappa shape index (κ2) is 9.71. The Morgan fingerprint density at radius 2 is 1.97 bits per heavy atom. The van der Waals surface area contributed by atoms with Crippen molar-refractivity contribution in [2.24, 2.45) is 0 Å². The third-order valence-corrected chi connectivity index (χ3v) is 6.50. The number of rotatable bonds is 7. The molecule has 5 nitrogen and oxygen atoms in total. The normalized spacial score (nSPS) is 19.9. The number of para-hydroxylation sites is 2. The van der Waals surface area contributed by atoms with Crippen LogP contribution in [0.2, 0.25) is 0 Å². The van der Waals surface area contributed by atoms with Crippen LogP contribution in [0.5, 0.6) is 0 Å². The summed E-state index contributed by atoms with van der Waals surface area (Å²) in [5.41, 5.74) is 4.48. The first kappa shape index (κ1) is 21.7. The van der Waals surface area contributed by atoms with Gasteiger partial charge in [-0.2, -0.15) is 0 Å². The standard InChI is InChI=1S/C25H30N4OS/c1-17(2)26-24(30)23-14-20(31-25-27-21-11-7-8-12-22(21)28-25)16-29(23)15-18(3)13-19-9-5-4-6-10-19/h4-13,17,20,23H,14-16H2,1-3H3,(H,26,30)(H,27,28)/b18-13+/t20-,23+/m1/s1. The van der Waals surface area contributed by atoms with Gasteiger partial charge in [-0.15, -0.1) is 0 Å². The van der Waals surface area contributed by atoms with Crippen LogP contribution in [0.4, 0.5) is 0 Å². The van der Waals surface area contributed by atoms with Gasteiger partial charge in [0.25, 0.3) is 0 Å². The van der Waals surface area contributed by atoms with Gasteiger partial charge < -0.3 is 10.3 Å². The van der Waals surface area contributed by atoms with Gasteiger partial charge in [0.2, 0.25) is 5.91 Å². The number of aromatic amines is 1. The number of hydrogen-bond donors (Lipinski definition) is 2. The van der Waals surface area contributed by atoms with Crippen LogP contribution >= 0.6 is 11.8 Å². The van der Waals surface area contributed by atoms with Gasteiger partial charge in [0, 0.05) is 24.4 Å². The van der Waals surface area contributed by atoms with E-state index in [0.717, 1.165) is 35.7 Å². The highest BCUT2D eigenvalue weighted by Gasteiger charge is 2.37. The number of H-pyrrole nitrogens is 1. The minimum Gasteiger partial charge on any atom is -0.353 e. The summed E-state index contributed by atoms with van der Waals surface area (Å²) in [6.45, 7) is 7.81. The summed E-state index contributed by atoms with van der Waals surface area (Å²) < 4.78 is 0. The van der Waals surface area contributed by atoms with Crippen molar-refractivity contribution >= 4 is 34.8 Å². The van der Waals surface area contributed by atoms with Crippen molar-refractivity contribution in [1.82, 2.24) is 20.2 Å². The lowest BCUT2D eigenvalue weighted by molar-refractivity contribution is -0.125. The van der Waals surface area contributed by atoms with Crippen LogP contribution in [-0.4, -0.2) is 51.2 Å². The fraction of sp³-hybridized carbons (Fsp3) is 0.360. The number of carbonyl (C=O) groups excluding carboxylic acids is 1. The molecule has 0 bridgehead atoms. The van der Waals surface area contributed by atoms with Crippen LogP contribution in [0, 0.1) is 0 Å². The van der Waals surface area contributed by atoms with E-state index in [4.69, 9.17) is 4.98 Å². The van der Waals surface area contributed by atoms with Gasteiger partial charge in [-0.1, -0.05) is 65.9 Å². The number of nitrogens with one attached hydrogen (secondary N) is 2. The Balaban J connectivity index is 1.48. The van der Waals surface area contributed by atoms with Crippen molar-refractivity contribution in [3.05, 3.63) is 65.7 Å². The molecule has 2 aromatic carbocycles. The Labute approximate surface area is 188 Å². The maximum absolute atomic E-state index is 12.9. The molecule has 0 unspecified atom stereocenters. The SMILES string of the molecule is C/C(=C\c1ccccc1)CN1C[C@H](Sc2nc3ccccc3[nH]2)C[C@H]1C(=O)NC(C)C. The number of aromatic nitrogens is 2. The zero-order valence-corrected chi connectivity index (χ0v) is 19.2. The Kier molecular flexibility index (Phi) is 6.78. The number of nitrogens with zero attached hydrogens (tertiary/aromatic N) is 2. The molecule has 1 saturated heterocycles. The van der Waals surface area contributed by atoms with Crippen LogP contribution in [0.25, 0.3) is 17.1 Å². The van der Waals surface area contributed by atoms with Crippen molar-refractivity contribution < 1.29 is 4.79 Å². The number of hydrogen-bond acceptors (Lipinski definition) is 4. The molecule has 1 aliphatic heterocycles. The van der Waals surface area contributed by atoms with E-state index in [2.05, 4.69) is 40.3 Å². The maximum atomic E-state index is 12.9. The number of likely N-dealkylation sites (tertiary alicyclic amines) is 1. The average molecular weight is 435 g/mol. The van der Waals surface area contributed by atoms with Crippen molar-refractivity contribution in [2.45, 2.75) is 49.7 Å². The van der Waals surface area contributed by atoms with Crippen molar-refractivity contribution in [3.63, 3.8) is 0 Å². The Hall–Kier alpha value is -2.57. The van der Waals surface area contributed by atoms with Crippen LogP contribution in [-0.2, 0) is 4.79 Å². The summed E-state index contributed by atoms with van der Waals surface area (Å²) >= 11 is 1.74. The first-order chi connectivity index (χ1) is 15.0. The zero-order valence-electron chi connectivity index (χ0n) is 18.3. The molecule has 1 fully saturated rings. The minimum atomic E-state index is -0.122. The molecular formula is C25H30N4OS. The predicted octanol–water partition coefficient (Wildman–Crippen LogP) is 4.73. The molecule has 1 aromatic heterocycles. The molecule has 1 amide bonds. The topological polar surface area (TPSA) is 61.0 Å². The molecule has 162 valence electrons. The van der Waals surface area contributed by atoms with E-state index in [9.17, 15) is 4.79 Å². The molecule has 6 heteroatoms. The molecule has 1 aliphatic rings. The average Bonchev–Trinajstić information content (AvgIpc) is 3.31. The molecule has 4 rings (SSSR count). The lowest BCUT2D eigenvalue weighted by Gasteiger charge is -2.24. The van der Waals surface area contributed by atoms with E-state index < -0.39 is 0 Å². The Bertz CT molecular complexity index is 1030. The number of benzene rings is 2. The molecule has 2 N–H and O–H groups in total. The van der Waals surface area contributed by atoms with E-state index in [1.54, 1.807) is 11.8 Å². The van der Waals surface area contributed by atoms with Gasteiger partial charge in [0.15, 0.2) is 5.16 Å². The van der Waals surface area contributed by atoms with E-state index in [-0.39, 0.29) is 18.0 Å². The summed E-state index contributed by atoms with van der Waals surface area (Å²) in [6.07, 6.45) is 3.02. The minimum absolute atomic E-state index is 0.121. The second-order valence-corrected chi connectivity index (χ2v) is 9.83. The first-order valence-corrected chi connectivity index (χ1v) is 11.7. The molecule has 3 aromatic rings. The highest BCUT2D eigenvalue weighted by atomic mass is 32.2. The summed E-state index contributed by atoms with van der Waals surface area (Å²) in [4.78, 5) is 23.4. The van der Waals surface area contributed by atoms with Crippen LogP contribution < -0.4 is 5.32 Å². The third-order valence-electron chi connectivity index (χ3n) is 5.41. The van der Waals surface area contributed by atoms with Gasteiger partial charge in [0.05, 0.1) is 17.1 Å². The summed E-state index contributed by atoms with van der Waals surface area (Å²) in [7, 11) is 0. The molecule has 2 atom stereocenters. The van der Waals surface area contributed by atoms with E-state index in [1.165, 1.54) is 11.1 Å². The van der Waals surface area contributed by atoms with Crippen LogP contribution in [0.3, 0.4) is 0 Å². The smallest absolute Gasteiger partial charge is 0.237 e. The van der Waals surface area contributed by atoms with Gasteiger partial charge in [-0.25, -0.2) is 4.98 Å². The van der Waals surface area contributed by atoms with Gasteiger partial charge >= 0.3 is 0 Å². The summed E-state index contributed by atoms with van der Waals surface area (Å²) in [6, 6.07) is 18.4. The predicted molar refractivity (Wildman–Crippen MR) is 129 cm³/mol. The van der Waals surface area contributed by atoms with E-state index in [0.29, 0.717) is 5.25 Å². The number of fused-ring (bicyclic) bond motifs is 1. The fourth-order valence-corrected chi connectivity index (χ4v) is 5.30. The number of imidazole rings is 1. The highest BCUT2D eigenvalue weighted by Crippen LogP contribution is 2.33. The molecular weight excluding hydrogens is 404 g/mol. The largest absolute Gasteiger partial charge is 0.353 e. The molecule has 0 radical (unpaired) electrons. The number of carbonyl (C=O) groups is 1. The van der Waals surface area contributed by atoms with Gasteiger partial charge in [0.1, 0.15) is 0 Å². The first-order valence-electron chi connectivity index (χ1n) is 10.9. The number of amides is 1. The Morgan fingerprint density at radius 1 is 1.23 bits per heavy atom. The van der Waals surface area contributed by atoms with Crippen molar-refractivity contribution in [3.8, 4) is 0 Å². The van der Waals surface area contributed by atoms with E-state index in [1.807, 2.05) is 56.3 Å². The molecule has 0 aliphatic carbocycles. The molecule has 2 heterocycles. The quantitative estimate of drug-likeness (QED) is 0.565. The summed E-state index contributed by atoms with van der Waals surface area (Å²) in [5, 5.41) is 4.35. The summed E-state index contributed by atoms with van der Waals surface area (Å²) in [5.74, 6) is 0.121. The zero-order chi connectivity index (χ0) is 21.8. The number of thioether (sulfide) groups is 1. The van der Waals surface area contributed by atoms with Gasteiger partial charge in [-0.3, -0.25) is 9.69 Å². The second-order valence-electron chi connectivity index (χ2n) is 8.54. The van der Waals surface area contributed by atoms with Crippen LogP contribution in [0.1, 0.15) is 32.8 Å². The monoisotopic (exact) mass is 434 g/mol. The molecule has 31 heavy (non-hydrogen) atoms.